The molecule has 0 bridgehead atoms. The van der Waals surface area contributed by atoms with Gasteiger partial charge in [-0.2, -0.15) is 0 Å². The third kappa shape index (κ3) is 4.48. The van der Waals surface area contributed by atoms with Crippen LogP contribution in [0.3, 0.4) is 0 Å². The highest BCUT2D eigenvalue weighted by molar-refractivity contribution is 6.42. The van der Waals surface area contributed by atoms with Crippen LogP contribution in [0.2, 0.25) is 10.0 Å². The van der Waals surface area contributed by atoms with Crippen molar-refractivity contribution in [1.29, 1.82) is 0 Å². The van der Waals surface area contributed by atoms with Gasteiger partial charge in [0.15, 0.2) is 0 Å². The van der Waals surface area contributed by atoms with Gasteiger partial charge in [-0.25, -0.2) is 0 Å². The number of carbonyl (C=O) groups is 2. The Kier molecular flexibility index (Phi) is 6.01. The van der Waals surface area contributed by atoms with Gasteiger partial charge >= 0.3 is 0 Å². The molecular formula is C19H19Cl2N3O2. The van der Waals surface area contributed by atoms with Crippen molar-refractivity contribution in [3.63, 3.8) is 0 Å². The molecule has 0 unspecified atom stereocenters. The molecule has 0 aromatic heterocycles. The predicted molar refractivity (Wildman–Crippen MR) is 104 cm³/mol. The summed E-state index contributed by atoms with van der Waals surface area (Å²) < 4.78 is 0. The molecule has 1 aliphatic heterocycles. The molecule has 1 fully saturated rings. The first-order chi connectivity index (χ1) is 12.5. The Morgan fingerprint density at radius 3 is 2.27 bits per heavy atom. The first kappa shape index (κ1) is 18.5. The predicted octanol–water partition coefficient (Wildman–Crippen LogP) is 3.07. The van der Waals surface area contributed by atoms with Crippen LogP contribution in [0.5, 0.6) is 0 Å². The Balaban J connectivity index is 1.49. The highest BCUT2D eigenvalue weighted by Crippen LogP contribution is 2.27. The van der Waals surface area contributed by atoms with E-state index in [-0.39, 0.29) is 18.4 Å². The zero-order chi connectivity index (χ0) is 18.5. The number of halogens is 2. The molecule has 0 aliphatic carbocycles. The van der Waals surface area contributed by atoms with Gasteiger partial charge in [0.25, 0.3) is 5.91 Å². The van der Waals surface area contributed by atoms with Crippen molar-refractivity contribution in [2.75, 3.05) is 37.6 Å². The summed E-state index contributed by atoms with van der Waals surface area (Å²) in [5, 5.41) is 3.72. The number of anilines is 1. The summed E-state index contributed by atoms with van der Waals surface area (Å²) >= 11 is 12.0. The largest absolute Gasteiger partial charge is 0.368 e. The second-order valence-corrected chi connectivity index (χ2v) is 6.83. The van der Waals surface area contributed by atoms with Crippen LogP contribution in [-0.2, 0) is 4.79 Å². The average molecular weight is 392 g/mol. The second kappa shape index (κ2) is 8.43. The van der Waals surface area contributed by atoms with Crippen LogP contribution in [-0.4, -0.2) is 49.4 Å². The first-order valence-corrected chi connectivity index (χ1v) is 9.11. The molecule has 0 atom stereocenters. The molecule has 3 rings (SSSR count). The molecule has 5 nitrogen and oxygen atoms in total. The van der Waals surface area contributed by atoms with Gasteiger partial charge in [-0.05, 0) is 30.3 Å². The van der Waals surface area contributed by atoms with E-state index in [0.29, 0.717) is 41.8 Å². The zero-order valence-corrected chi connectivity index (χ0v) is 15.6. The van der Waals surface area contributed by atoms with Crippen molar-refractivity contribution in [3.05, 3.63) is 64.1 Å². The molecular weight excluding hydrogens is 373 g/mol. The van der Waals surface area contributed by atoms with Crippen LogP contribution in [0.4, 0.5) is 5.69 Å². The number of hydrogen-bond donors (Lipinski definition) is 1. The summed E-state index contributed by atoms with van der Waals surface area (Å²) in [7, 11) is 0. The van der Waals surface area contributed by atoms with Crippen LogP contribution in [0, 0.1) is 0 Å². The molecule has 1 aliphatic rings. The first-order valence-electron chi connectivity index (χ1n) is 8.35. The second-order valence-electron chi connectivity index (χ2n) is 6.01. The molecule has 2 aromatic rings. The van der Waals surface area contributed by atoms with Crippen LogP contribution >= 0.6 is 23.2 Å². The lowest BCUT2D eigenvalue weighted by Crippen LogP contribution is -2.51. The van der Waals surface area contributed by atoms with E-state index in [1.807, 2.05) is 18.2 Å². The maximum absolute atomic E-state index is 12.3. The van der Waals surface area contributed by atoms with Crippen LogP contribution in [0.25, 0.3) is 0 Å². The monoisotopic (exact) mass is 391 g/mol. The molecule has 0 radical (unpaired) electrons. The fourth-order valence-corrected chi connectivity index (χ4v) is 3.15. The van der Waals surface area contributed by atoms with E-state index in [2.05, 4.69) is 10.2 Å². The van der Waals surface area contributed by atoms with Gasteiger partial charge in [-0.3, -0.25) is 9.59 Å². The van der Waals surface area contributed by atoms with Gasteiger partial charge in [0, 0.05) is 37.4 Å². The third-order valence-corrected chi connectivity index (χ3v) is 5.08. The number of rotatable bonds is 4. The lowest BCUT2D eigenvalue weighted by molar-refractivity contribution is -0.130. The van der Waals surface area contributed by atoms with Gasteiger partial charge in [0.2, 0.25) is 5.91 Å². The summed E-state index contributed by atoms with van der Waals surface area (Å²) in [5.74, 6) is -0.323. The topological polar surface area (TPSA) is 52.7 Å². The number of nitrogens with one attached hydrogen (secondary N) is 1. The summed E-state index contributed by atoms with van der Waals surface area (Å²) in [5.41, 5.74) is 1.54. The van der Waals surface area contributed by atoms with Crippen molar-refractivity contribution in [1.82, 2.24) is 10.2 Å². The fourth-order valence-electron chi connectivity index (χ4n) is 2.86. The number of nitrogens with zero attached hydrogens (tertiary/aromatic N) is 2. The van der Waals surface area contributed by atoms with E-state index in [0.717, 1.165) is 5.69 Å². The van der Waals surface area contributed by atoms with Crippen molar-refractivity contribution in [3.8, 4) is 0 Å². The molecule has 2 aromatic carbocycles. The molecule has 0 spiro atoms. The third-order valence-electron chi connectivity index (χ3n) is 4.34. The maximum Gasteiger partial charge on any atom is 0.251 e. The maximum atomic E-state index is 12.3. The highest BCUT2D eigenvalue weighted by Gasteiger charge is 2.22. The zero-order valence-electron chi connectivity index (χ0n) is 14.1. The van der Waals surface area contributed by atoms with Crippen molar-refractivity contribution >= 4 is 40.7 Å². The van der Waals surface area contributed by atoms with Crippen molar-refractivity contribution in [2.24, 2.45) is 0 Å². The lowest BCUT2D eigenvalue weighted by atomic mass is 10.2. The number of piperazine rings is 1. The lowest BCUT2D eigenvalue weighted by Gasteiger charge is -2.36. The quantitative estimate of drug-likeness (QED) is 0.870. The van der Waals surface area contributed by atoms with E-state index in [9.17, 15) is 9.59 Å². The summed E-state index contributed by atoms with van der Waals surface area (Å²) in [6.07, 6.45) is 0. The standard InChI is InChI=1S/C19H19Cl2N3O2/c20-16-7-6-15(12-17(16)21)23-8-10-24(11-9-23)18(25)13-22-19(26)14-4-2-1-3-5-14/h1-7,12H,8-11,13H2,(H,22,26). The van der Waals surface area contributed by atoms with Gasteiger partial charge in [0.05, 0.1) is 16.6 Å². The normalized spacial score (nSPS) is 14.2. The van der Waals surface area contributed by atoms with E-state index >= 15 is 0 Å². The van der Waals surface area contributed by atoms with Gasteiger partial charge in [-0.15, -0.1) is 0 Å². The Hall–Kier alpha value is -2.24. The molecule has 1 N–H and O–H groups in total. The van der Waals surface area contributed by atoms with E-state index in [4.69, 9.17) is 23.2 Å². The van der Waals surface area contributed by atoms with E-state index in [1.165, 1.54) is 0 Å². The molecule has 136 valence electrons. The molecule has 0 saturated carbocycles. The molecule has 2 amide bonds. The minimum absolute atomic E-state index is 0.000497. The molecule has 1 saturated heterocycles. The van der Waals surface area contributed by atoms with Crippen molar-refractivity contribution < 1.29 is 9.59 Å². The minimum atomic E-state index is -0.242. The summed E-state index contributed by atoms with van der Waals surface area (Å²) in [6.45, 7) is 2.60. The Labute approximate surface area is 162 Å². The van der Waals surface area contributed by atoms with E-state index in [1.54, 1.807) is 35.2 Å². The Morgan fingerprint density at radius 1 is 0.923 bits per heavy atom. The average Bonchev–Trinajstić information content (AvgIpc) is 2.69. The number of carbonyl (C=O) groups excluding carboxylic acids is 2. The van der Waals surface area contributed by atoms with Gasteiger partial charge < -0.3 is 15.1 Å². The minimum Gasteiger partial charge on any atom is -0.368 e. The van der Waals surface area contributed by atoms with Gasteiger partial charge in [0.1, 0.15) is 0 Å². The number of benzene rings is 2. The summed E-state index contributed by atoms with van der Waals surface area (Å²) in [6, 6.07) is 14.4. The molecule has 26 heavy (non-hydrogen) atoms. The SMILES string of the molecule is O=C(NCC(=O)N1CCN(c2ccc(Cl)c(Cl)c2)CC1)c1ccccc1. The fraction of sp³-hybridized carbons (Fsp3) is 0.263. The Bertz CT molecular complexity index is 791. The highest BCUT2D eigenvalue weighted by atomic mass is 35.5. The molecule has 7 heteroatoms. The summed E-state index contributed by atoms with van der Waals surface area (Å²) in [4.78, 5) is 28.3. The smallest absolute Gasteiger partial charge is 0.251 e. The number of amides is 2. The van der Waals surface area contributed by atoms with Crippen LogP contribution in [0.1, 0.15) is 10.4 Å². The Morgan fingerprint density at radius 2 is 1.62 bits per heavy atom. The van der Waals surface area contributed by atoms with Crippen LogP contribution in [0.15, 0.2) is 48.5 Å². The number of hydrogen-bond acceptors (Lipinski definition) is 3. The van der Waals surface area contributed by atoms with Gasteiger partial charge in [-0.1, -0.05) is 41.4 Å². The van der Waals surface area contributed by atoms with Crippen molar-refractivity contribution in [2.45, 2.75) is 0 Å². The van der Waals surface area contributed by atoms with Crippen LogP contribution < -0.4 is 10.2 Å². The molecule has 1 heterocycles. The van der Waals surface area contributed by atoms with E-state index < -0.39 is 0 Å².